The van der Waals surface area contributed by atoms with Crippen molar-refractivity contribution in [2.75, 3.05) is 38.7 Å². The van der Waals surface area contributed by atoms with E-state index >= 15 is 0 Å². The highest BCUT2D eigenvalue weighted by atomic mass is 16.5. The Morgan fingerprint density at radius 3 is 2.66 bits per heavy atom. The zero-order chi connectivity index (χ0) is 24.4. The second kappa shape index (κ2) is 10.5. The lowest BCUT2D eigenvalue weighted by atomic mass is 9.94. The molecule has 190 valence electrons. The molecule has 2 N–H and O–H groups in total. The van der Waals surface area contributed by atoms with Gasteiger partial charge in [0.25, 0.3) is 5.91 Å². The second-order valence-corrected chi connectivity index (χ2v) is 10.2. The van der Waals surface area contributed by atoms with Gasteiger partial charge in [0.15, 0.2) is 0 Å². The summed E-state index contributed by atoms with van der Waals surface area (Å²) in [7, 11) is 1.79. The van der Waals surface area contributed by atoms with E-state index in [0.29, 0.717) is 68.4 Å². The smallest absolute Gasteiger partial charge is 0.257 e. The van der Waals surface area contributed by atoms with E-state index in [1.807, 2.05) is 0 Å². The number of likely N-dealkylation sites (N-methyl/N-ethyl adjacent to an activating group) is 1. The van der Waals surface area contributed by atoms with E-state index in [-0.39, 0.29) is 41.9 Å². The number of benzene rings is 1. The van der Waals surface area contributed by atoms with Crippen LogP contribution in [0.4, 0.5) is 5.69 Å². The predicted molar refractivity (Wildman–Crippen MR) is 128 cm³/mol. The molecule has 3 fully saturated rings. The van der Waals surface area contributed by atoms with Gasteiger partial charge in [0.2, 0.25) is 11.8 Å². The van der Waals surface area contributed by atoms with Crippen LogP contribution < -0.4 is 15.4 Å². The molecule has 4 aliphatic rings. The third-order valence-corrected chi connectivity index (χ3v) is 7.57. The first-order valence-electron chi connectivity index (χ1n) is 12.8. The van der Waals surface area contributed by atoms with Crippen LogP contribution in [0.3, 0.4) is 0 Å². The summed E-state index contributed by atoms with van der Waals surface area (Å²) >= 11 is 0. The molecule has 0 bridgehead atoms. The molecule has 2 saturated heterocycles. The van der Waals surface area contributed by atoms with Gasteiger partial charge in [-0.15, -0.1) is 0 Å². The quantitative estimate of drug-likeness (QED) is 0.641. The van der Waals surface area contributed by atoms with E-state index in [9.17, 15) is 14.4 Å². The minimum Gasteiger partial charge on any atom is -0.490 e. The van der Waals surface area contributed by atoms with Crippen molar-refractivity contribution >= 4 is 23.4 Å². The van der Waals surface area contributed by atoms with E-state index in [0.717, 1.165) is 13.0 Å². The molecule has 3 atom stereocenters. The molecule has 0 aromatic heterocycles. The van der Waals surface area contributed by atoms with Gasteiger partial charge in [0.05, 0.1) is 24.1 Å². The molecule has 1 saturated carbocycles. The summed E-state index contributed by atoms with van der Waals surface area (Å²) in [6, 6.07) is 5.05. The van der Waals surface area contributed by atoms with E-state index in [1.165, 1.54) is 12.8 Å². The Morgan fingerprint density at radius 1 is 1.09 bits per heavy atom. The molecule has 0 unspecified atom stereocenters. The van der Waals surface area contributed by atoms with Crippen molar-refractivity contribution in [3.05, 3.63) is 23.8 Å². The summed E-state index contributed by atoms with van der Waals surface area (Å²) in [5.41, 5.74) is 1.01. The molecular formula is C26H35N3O6. The van der Waals surface area contributed by atoms with Crippen molar-refractivity contribution in [2.45, 2.75) is 63.2 Å². The molecule has 3 aliphatic heterocycles. The van der Waals surface area contributed by atoms with Crippen LogP contribution in [0.1, 0.15) is 55.3 Å². The Kier molecular flexibility index (Phi) is 7.24. The average molecular weight is 486 g/mol. The monoisotopic (exact) mass is 485 g/mol. The Morgan fingerprint density at radius 2 is 1.89 bits per heavy atom. The number of hydrogen-bond acceptors (Lipinski definition) is 6. The lowest BCUT2D eigenvalue weighted by Crippen LogP contribution is -2.54. The van der Waals surface area contributed by atoms with Gasteiger partial charge in [0.1, 0.15) is 18.5 Å². The summed E-state index contributed by atoms with van der Waals surface area (Å²) < 4.78 is 17.6. The molecule has 0 spiro atoms. The third kappa shape index (κ3) is 5.78. The Labute approximate surface area is 205 Å². The van der Waals surface area contributed by atoms with E-state index < -0.39 is 0 Å². The van der Waals surface area contributed by atoms with Crippen LogP contribution in [0.5, 0.6) is 5.75 Å². The molecule has 5 rings (SSSR count). The molecular weight excluding hydrogens is 450 g/mol. The lowest BCUT2D eigenvalue weighted by Gasteiger charge is -2.42. The van der Waals surface area contributed by atoms with E-state index in [4.69, 9.17) is 14.2 Å². The maximum absolute atomic E-state index is 13.4. The van der Waals surface area contributed by atoms with E-state index in [2.05, 4.69) is 10.6 Å². The van der Waals surface area contributed by atoms with Crippen LogP contribution in [0.15, 0.2) is 18.2 Å². The number of fused-ring (bicyclic) bond motifs is 2. The SMILES string of the molecule is CN1C(=O)c2cc(NC(=O)C3CCOCC3)ccc2OC[C@H]2O[C@@H](CC(=O)NCC3CC3)CC[C@H]21. The first-order valence-corrected chi connectivity index (χ1v) is 12.8. The van der Waals surface area contributed by atoms with Crippen molar-refractivity contribution < 1.29 is 28.6 Å². The number of nitrogens with one attached hydrogen (secondary N) is 2. The molecule has 1 aliphatic carbocycles. The zero-order valence-corrected chi connectivity index (χ0v) is 20.3. The Bertz CT molecular complexity index is 958. The normalized spacial score (nSPS) is 27.1. The number of anilines is 1. The van der Waals surface area contributed by atoms with Gasteiger partial charge in [-0.25, -0.2) is 0 Å². The minimum absolute atomic E-state index is 0.0252. The van der Waals surface area contributed by atoms with Crippen LogP contribution in [0.2, 0.25) is 0 Å². The van der Waals surface area contributed by atoms with Gasteiger partial charge in [0, 0.05) is 38.4 Å². The Hall–Kier alpha value is -2.65. The van der Waals surface area contributed by atoms with Crippen molar-refractivity contribution in [1.82, 2.24) is 10.2 Å². The van der Waals surface area contributed by atoms with Gasteiger partial charge in [-0.1, -0.05) is 0 Å². The third-order valence-electron chi connectivity index (χ3n) is 7.57. The van der Waals surface area contributed by atoms with Gasteiger partial charge in [-0.3, -0.25) is 14.4 Å². The van der Waals surface area contributed by atoms with Crippen molar-refractivity contribution in [2.24, 2.45) is 11.8 Å². The van der Waals surface area contributed by atoms with Gasteiger partial charge >= 0.3 is 0 Å². The molecule has 0 radical (unpaired) electrons. The standard InChI is InChI=1S/C26H35N3O6/c1-29-21-6-5-19(13-24(30)27-14-16-2-3-16)35-23(21)15-34-22-7-4-18(12-20(22)26(29)32)28-25(31)17-8-10-33-11-9-17/h4,7,12,16-17,19,21,23H,2-3,5-6,8-11,13-15H2,1H3,(H,27,30)(H,28,31)/t19-,21-,23-/m1/s1. The fourth-order valence-electron chi connectivity index (χ4n) is 5.17. The van der Waals surface area contributed by atoms with Crippen LogP contribution >= 0.6 is 0 Å². The lowest BCUT2D eigenvalue weighted by molar-refractivity contribution is -0.134. The first-order chi connectivity index (χ1) is 17.0. The molecule has 1 aromatic carbocycles. The van der Waals surface area contributed by atoms with Crippen molar-refractivity contribution in [3.8, 4) is 5.75 Å². The topological polar surface area (TPSA) is 106 Å². The second-order valence-electron chi connectivity index (χ2n) is 10.2. The molecule has 3 amide bonds. The highest BCUT2D eigenvalue weighted by Crippen LogP contribution is 2.33. The van der Waals surface area contributed by atoms with E-state index in [1.54, 1.807) is 30.1 Å². The fraction of sp³-hybridized carbons (Fsp3) is 0.654. The number of carbonyl (C=O) groups excluding carboxylic acids is 3. The largest absolute Gasteiger partial charge is 0.490 e. The molecule has 35 heavy (non-hydrogen) atoms. The number of amides is 3. The number of nitrogens with zero attached hydrogens (tertiary/aromatic N) is 1. The number of carbonyl (C=O) groups is 3. The van der Waals surface area contributed by atoms with Crippen LogP contribution in [0, 0.1) is 11.8 Å². The maximum Gasteiger partial charge on any atom is 0.257 e. The summed E-state index contributed by atoms with van der Waals surface area (Å²) in [6.07, 6.45) is 5.11. The van der Waals surface area contributed by atoms with Crippen LogP contribution in [0.25, 0.3) is 0 Å². The van der Waals surface area contributed by atoms with Gasteiger partial charge < -0.3 is 29.7 Å². The van der Waals surface area contributed by atoms with Crippen LogP contribution in [-0.4, -0.2) is 74.3 Å². The van der Waals surface area contributed by atoms with Crippen molar-refractivity contribution in [1.29, 1.82) is 0 Å². The number of ether oxygens (including phenoxy) is 3. The Balaban J connectivity index is 1.23. The summed E-state index contributed by atoms with van der Waals surface area (Å²) in [5, 5.41) is 5.96. The van der Waals surface area contributed by atoms with Crippen LogP contribution in [-0.2, 0) is 19.1 Å². The zero-order valence-electron chi connectivity index (χ0n) is 20.3. The molecule has 1 aromatic rings. The highest BCUT2D eigenvalue weighted by Gasteiger charge is 2.39. The van der Waals surface area contributed by atoms with Crippen molar-refractivity contribution in [3.63, 3.8) is 0 Å². The molecule has 3 heterocycles. The minimum atomic E-state index is -0.306. The van der Waals surface area contributed by atoms with Gasteiger partial charge in [-0.05, 0) is 62.6 Å². The number of hydrogen-bond donors (Lipinski definition) is 2. The van der Waals surface area contributed by atoms with Gasteiger partial charge in [-0.2, -0.15) is 0 Å². The molecule has 9 heteroatoms. The highest BCUT2D eigenvalue weighted by molar-refractivity contribution is 6.00. The maximum atomic E-state index is 13.4. The fourth-order valence-corrected chi connectivity index (χ4v) is 5.17. The summed E-state index contributed by atoms with van der Waals surface area (Å²) in [4.78, 5) is 40.0. The average Bonchev–Trinajstić information content (AvgIpc) is 3.70. The predicted octanol–water partition coefficient (Wildman–Crippen LogP) is 2.35. The first kappa shape index (κ1) is 24.1. The summed E-state index contributed by atoms with van der Waals surface area (Å²) in [6.45, 7) is 2.24. The number of rotatable bonds is 6. The molecule has 9 nitrogen and oxygen atoms in total. The summed E-state index contributed by atoms with van der Waals surface area (Å²) in [5.74, 6) is 0.846.